The summed E-state index contributed by atoms with van der Waals surface area (Å²) in [5, 5.41) is 9.71. The van der Waals surface area contributed by atoms with E-state index in [0.717, 1.165) is 11.6 Å². The van der Waals surface area contributed by atoms with Gasteiger partial charge < -0.3 is 10.6 Å². The van der Waals surface area contributed by atoms with Gasteiger partial charge in [0.25, 0.3) is 0 Å². The van der Waals surface area contributed by atoms with E-state index in [9.17, 15) is 13.2 Å². The number of hydrogen-bond acceptors (Lipinski definition) is 2. The fourth-order valence-corrected chi connectivity index (χ4v) is 2.63. The van der Waals surface area contributed by atoms with E-state index >= 15 is 0 Å². The summed E-state index contributed by atoms with van der Waals surface area (Å²) in [6, 6.07) is 14.5. The summed E-state index contributed by atoms with van der Waals surface area (Å²) in [5.74, 6) is 0. The molecule has 2 aromatic carbocycles. The number of rotatable bonds is 4. The van der Waals surface area contributed by atoms with Gasteiger partial charge in [-0.3, -0.25) is 4.68 Å². The van der Waals surface area contributed by atoms with Crippen LogP contribution in [0, 0.1) is 0 Å². The number of benzene rings is 2. The van der Waals surface area contributed by atoms with Crippen LogP contribution in [-0.4, -0.2) is 14.9 Å². The van der Waals surface area contributed by atoms with Crippen molar-refractivity contribution in [1.29, 1.82) is 0 Å². The van der Waals surface area contributed by atoms with Crippen LogP contribution in [0.1, 0.15) is 11.1 Å². The second kappa shape index (κ2) is 7.57. The smallest absolute Gasteiger partial charge is 0.332 e. The zero-order valence-electron chi connectivity index (χ0n) is 13.5. The zero-order valence-corrected chi connectivity index (χ0v) is 14.3. The number of halogens is 3. The molecule has 0 bridgehead atoms. The number of alkyl halides is 3. The Labute approximate surface area is 153 Å². The van der Waals surface area contributed by atoms with E-state index in [2.05, 4.69) is 15.7 Å². The molecule has 0 amide bonds. The molecule has 0 radical (unpaired) electrons. The van der Waals surface area contributed by atoms with Crippen LogP contribution in [0.5, 0.6) is 0 Å². The Morgan fingerprint density at radius 2 is 1.73 bits per heavy atom. The van der Waals surface area contributed by atoms with Gasteiger partial charge in [0.15, 0.2) is 5.11 Å². The summed E-state index contributed by atoms with van der Waals surface area (Å²) in [6.07, 6.45) is -0.879. The van der Waals surface area contributed by atoms with Crippen molar-refractivity contribution < 1.29 is 13.2 Å². The number of hydrogen-bond donors (Lipinski definition) is 2. The number of para-hydroxylation sites is 1. The van der Waals surface area contributed by atoms with Gasteiger partial charge in [-0.2, -0.15) is 18.3 Å². The largest absolute Gasteiger partial charge is 0.418 e. The van der Waals surface area contributed by atoms with Crippen molar-refractivity contribution in [3.63, 3.8) is 0 Å². The molecule has 0 fully saturated rings. The lowest BCUT2D eigenvalue weighted by Crippen LogP contribution is -2.21. The Hall–Kier alpha value is -2.87. The third-order valence-electron chi connectivity index (χ3n) is 3.60. The normalized spacial score (nSPS) is 11.2. The van der Waals surface area contributed by atoms with Crippen molar-refractivity contribution >= 4 is 28.7 Å². The Morgan fingerprint density at radius 3 is 2.38 bits per heavy atom. The minimum atomic E-state index is -4.45. The van der Waals surface area contributed by atoms with Gasteiger partial charge in [-0.15, -0.1) is 0 Å². The van der Waals surface area contributed by atoms with Crippen LogP contribution in [0.3, 0.4) is 0 Å². The maximum Gasteiger partial charge on any atom is 0.418 e. The first kappa shape index (κ1) is 17.9. The molecule has 4 nitrogen and oxygen atoms in total. The van der Waals surface area contributed by atoms with Crippen molar-refractivity contribution in [3.05, 3.63) is 78.1 Å². The highest BCUT2D eigenvalue weighted by molar-refractivity contribution is 7.80. The average Bonchev–Trinajstić information content (AvgIpc) is 3.09. The van der Waals surface area contributed by atoms with E-state index in [1.165, 1.54) is 18.2 Å². The Bertz CT molecular complexity index is 874. The lowest BCUT2D eigenvalue weighted by Gasteiger charge is -2.16. The lowest BCUT2D eigenvalue weighted by molar-refractivity contribution is -0.136. The minimum Gasteiger partial charge on any atom is -0.332 e. The van der Waals surface area contributed by atoms with Crippen LogP contribution in [0.25, 0.3) is 0 Å². The van der Waals surface area contributed by atoms with Crippen molar-refractivity contribution in [1.82, 2.24) is 9.78 Å². The van der Waals surface area contributed by atoms with Gasteiger partial charge in [-0.25, -0.2) is 0 Å². The first-order valence-electron chi connectivity index (χ1n) is 7.72. The first-order chi connectivity index (χ1) is 12.4. The predicted octanol–water partition coefficient (Wildman–Crippen LogP) is 4.76. The summed E-state index contributed by atoms with van der Waals surface area (Å²) in [7, 11) is 0. The number of aromatic nitrogens is 2. The van der Waals surface area contributed by atoms with Crippen LogP contribution in [0.2, 0.25) is 0 Å². The SMILES string of the molecule is FC(F)(F)c1ccccc1NC(=S)Nc1ccc(Cn2cccn2)cc1. The van der Waals surface area contributed by atoms with E-state index in [1.807, 2.05) is 36.5 Å². The number of thiocarbonyl (C=S) groups is 1. The molecule has 0 saturated heterocycles. The molecule has 0 aliphatic heterocycles. The number of nitrogens with zero attached hydrogens (tertiary/aromatic N) is 2. The summed E-state index contributed by atoms with van der Waals surface area (Å²) < 4.78 is 40.8. The third-order valence-corrected chi connectivity index (χ3v) is 3.80. The molecule has 0 spiro atoms. The second-order valence-electron chi connectivity index (χ2n) is 5.52. The standard InChI is InChI=1S/C18H15F3N4S/c19-18(20,21)15-4-1-2-5-16(15)24-17(26)23-14-8-6-13(7-9-14)12-25-11-3-10-22-25/h1-11H,12H2,(H2,23,24,26). The highest BCUT2D eigenvalue weighted by atomic mass is 32.1. The van der Waals surface area contributed by atoms with Crippen LogP contribution in [-0.2, 0) is 12.7 Å². The fraction of sp³-hybridized carbons (Fsp3) is 0.111. The summed E-state index contributed by atoms with van der Waals surface area (Å²) in [5.41, 5.74) is 0.864. The van der Waals surface area contributed by atoms with Crippen molar-refractivity contribution in [2.45, 2.75) is 12.7 Å². The van der Waals surface area contributed by atoms with Gasteiger partial charge in [0.05, 0.1) is 17.8 Å². The fourth-order valence-electron chi connectivity index (χ4n) is 2.40. The molecule has 0 atom stereocenters. The van der Waals surface area contributed by atoms with Gasteiger partial charge in [-0.05, 0) is 48.1 Å². The quantitative estimate of drug-likeness (QED) is 0.645. The van der Waals surface area contributed by atoms with Gasteiger partial charge >= 0.3 is 6.18 Å². The molecule has 0 saturated carbocycles. The molecular weight excluding hydrogens is 361 g/mol. The highest BCUT2D eigenvalue weighted by Gasteiger charge is 2.33. The maximum absolute atomic E-state index is 13.0. The molecule has 0 unspecified atom stereocenters. The molecular formula is C18H15F3N4S. The first-order valence-corrected chi connectivity index (χ1v) is 8.13. The molecule has 3 aromatic rings. The molecule has 0 aliphatic carbocycles. The van der Waals surface area contributed by atoms with Crippen LogP contribution in [0.15, 0.2) is 67.0 Å². The number of anilines is 2. The maximum atomic E-state index is 13.0. The third kappa shape index (κ3) is 4.60. The summed E-state index contributed by atoms with van der Waals surface area (Å²) in [4.78, 5) is 0. The monoisotopic (exact) mass is 376 g/mol. The van der Waals surface area contributed by atoms with Crippen molar-refractivity contribution in [3.8, 4) is 0 Å². The van der Waals surface area contributed by atoms with E-state index < -0.39 is 11.7 Å². The molecule has 134 valence electrons. The molecule has 26 heavy (non-hydrogen) atoms. The zero-order chi connectivity index (χ0) is 18.6. The topological polar surface area (TPSA) is 41.9 Å². The van der Waals surface area contributed by atoms with E-state index in [4.69, 9.17) is 12.2 Å². The van der Waals surface area contributed by atoms with Crippen LogP contribution < -0.4 is 10.6 Å². The van der Waals surface area contributed by atoms with E-state index in [-0.39, 0.29) is 10.8 Å². The van der Waals surface area contributed by atoms with Crippen LogP contribution >= 0.6 is 12.2 Å². The average molecular weight is 376 g/mol. The molecule has 3 rings (SSSR count). The summed E-state index contributed by atoms with van der Waals surface area (Å²) >= 11 is 5.12. The van der Waals surface area contributed by atoms with Gasteiger partial charge in [0, 0.05) is 18.1 Å². The Kier molecular flexibility index (Phi) is 5.22. The molecule has 2 N–H and O–H groups in total. The summed E-state index contributed by atoms with van der Waals surface area (Å²) in [6.45, 7) is 0.634. The van der Waals surface area contributed by atoms with E-state index in [0.29, 0.717) is 12.2 Å². The minimum absolute atomic E-state index is 0.0847. The molecule has 8 heteroatoms. The Morgan fingerprint density at radius 1 is 1.00 bits per heavy atom. The van der Waals surface area contributed by atoms with Crippen molar-refractivity contribution in [2.24, 2.45) is 0 Å². The van der Waals surface area contributed by atoms with Gasteiger partial charge in [-0.1, -0.05) is 24.3 Å². The second-order valence-corrected chi connectivity index (χ2v) is 5.93. The Balaban J connectivity index is 1.64. The molecule has 1 aromatic heterocycles. The number of nitrogens with one attached hydrogen (secondary N) is 2. The van der Waals surface area contributed by atoms with Crippen LogP contribution in [0.4, 0.5) is 24.5 Å². The lowest BCUT2D eigenvalue weighted by atomic mass is 10.1. The molecule has 1 heterocycles. The molecule has 0 aliphatic rings. The van der Waals surface area contributed by atoms with Gasteiger partial charge in [0.2, 0.25) is 0 Å². The highest BCUT2D eigenvalue weighted by Crippen LogP contribution is 2.34. The van der Waals surface area contributed by atoms with Crippen molar-refractivity contribution in [2.75, 3.05) is 10.6 Å². The van der Waals surface area contributed by atoms with Gasteiger partial charge in [0.1, 0.15) is 0 Å². The van der Waals surface area contributed by atoms with E-state index in [1.54, 1.807) is 10.9 Å². The predicted molar refractivity (Wildman–Crippen MR) is 99.1 cm³/mol.